The molecule has 170 valence electrons. The van der Waals surface area contributed by atoms with E-state index in [1.165, 1.54) is 57.8 Å². The van der Waals surface area contributed by atoms with Crippen molar-refractivity contribution >= 4 is 10.1 Å². The van der Waals surface area contributed by atoms with Gasteiger partial charge in [-0.15, -0.1) is 0 Å². The van der Waals surface area contributed by atoms with Crippen molar-refractivity contribution in [2.45, 2.75) is 147 Å². The quantitative estimate of drug-likeness (QED) is 0.162. The van der Waals surface area contributed by atoms with Crippen LogP contribution < -0.4 is 51.4 Å². The van der Waals surface area contributed by atoms with Crippen molar-refractivity contribution in [1.29, 1.82) is 0 Å². The van der Waals surface area contributed by atoms with Crippen molar-refractivity contribution in [1.82, 2.24) is 0 Å². The molecule has 0 aromatic heterocycles. The first-order chi connectivity index (χ1) is 13.4. The fourth-order valence-electron chi connectivity index (χ4n) is 3.82. The molecular weight excluding hydrogens is 411 g/mol. The Balaban J connectivity index is 0. The van der Waals surface area contributed by atoms with Crippen LogP contribution in [0.4, 0.5) is 0 Å². The molecule has 0 spiro atoms. The molecule has 0 amide bonds. The molecule has 6 heteroatoms. The Morgan fingerprint density at radius 3 is 1.45 bits per heavy atom. The summed E-state index contributed by atoms with van der Waals surface area (Å²) in [7, 11) is -4.22. The molecule has 0 aliphatic rings. The number of hydrogen-bond donors (Lipinski definition) is 1. The SMILES string of the molecule is CCCCCCCCCCCCC(O)CCCC(CCCCCC)S(=O)(=O)[O-].[K+]. The van der Waals surface area contributed by atoms with Gasteiger partial charge in [-0.1, -0.05) is 104 Å². The van der Waals surface area contributed by atoms with E-state index in [0.29, 0.717) is 25.7 Å². The third kappa shape index (κ3) is 22.5. The van der Waals surface area contributed by atoms with Gasteiger partial charge in [-0.25, -0.2) is 8.42 Å². The summed E-state index contributed by atoms with van der Waals surface area (Å²) < 4.78 is 34.3. The molecular formula is C23H47KO4S. The fraction of sp³-hybridized carbons (Fsp3) is 1.00. The van der Waals surface area contributed by atoms with Crippen molar-refractivity contribution < 1.29 is 69.5 Å². The Hall–Kier alpha value is 1.51. The van der Waals surface area contributed by atoms with Gasteiger partial charge in [0.1, 0.15) is 0 Å². The van der Waals surface area contributed by atoms with E-state index in [1.807, 2.05) is 0 Å². The first-order valence-corrected chi connectivity index (χ1v) is 13.5. The summed E-state index contributed by atoms with van der Waals surface area (Å²) in [6.07, 6.45) is 19.3. The average molecular weight is 459 g/mol. The molecule has 2 unspecified atom stereocenters. The van der Waals surface area contributed by atoms with Crippen LogP contribution in [0.5, 0.6) is 0 Å². The molecule has 0 bridgehead atoms. The molecule has 0 fully saturated rings. The van der Waals surface area contributed by atoms with Crippen LogP contribution in [-0.4, -0.2) is 29.4 Å². The molecule has 0 heterocycles. The van der Waals surface area contributed by atoms with Crippen LogP contribution in [0.2, 0.25) is 0 Å². The summed E-state index contributed by atoms with van der Waals surface area (Å²) in [4.78, 5) is 0. The maximum absolute atomic E-state index is 11.4. The molecule has 0 saturated carbocycles. The summed E-state index contributed by atoms with van der Waals surface area (Å²) in [5.41, 5.74) is 0. The predicted molar refractivity (Wildman–Crippen MR) is 119 cm³/mol. The van der Waals surface area contributed by atoms with Crippen molar-refractivity contribution in [2.24, 2.45) is 0 Å². The minimum absolute atomic E-state index is 0. The van der Waals surface area contributed by atoms with Crippen LogP contribution >= 0.6 is 0 Å². The number of aliphatic hydroxyl groups excluding tert-OH is 1. The second kappa shape index (κ2) is 22.7. The monoisotopic (exact) mass is 458 g/mol. The molecule has 4 nitrogen and oxygen atoms in total. The zero-order chi connectivity index (χ0) is 21.1. The van der Waals surface area contributed by atoms with Gasteiger partial charge in [-0.05, 0) is 32.1 Å². The fourth-order valence-corrected chi connectivity index (χ4v) is 4.74. The van der Waals surface area contributed by atoms with Gasteiger partial charge in [0, 0.05) is 5.25 Å². The number of aliphatic hydroxyl groups is 1. The van der Waals surface area contributed by atoms with E-state index in [-0.39, 0.29) is 57.5 Å². The van der Waals surface area contributed by atoms with E-state index in [1.54, 1.807) is 0 Å². The van der Waals surface area contributed by atoms with Gasteiger partial charge in [-0.2, -0.15) is 0 Å². The van der Waals surface area contributed by atoms with E-state index < -0.39 is 15.4 Å². The second-order valence-electron chi connectivity index (χ2n) is 8.52. The molecule has 0 saturated heterocycles. The second-order valence-corrected chi connectivity index (χ2v) is 10.2. The third-order valence-electron chi connectivity index (χ3n) is 5.74. The first kappa shape index (κ1) is 32.7. The van der Waals surface area contributed by atoms with Gasteiger partial charge in [-0.3, -0.25) is 0 Å². The van der Waals surface area contributed by atoms with Crippen LogP contribution in [0, 0.1) is 0 Å². The molecule has 0 rings (SSSR count). The van der Waals surface area contributed by atoms with Gasteiger partial charge < -0.3 is 9.66 Å². The van der Waals surface area contributed by atoms with Gasteiger partial charge in [0.05, 0.1) is 16.2 Å². The third-order valence-corrected chi connectivity index (χ3v) is 7.03. The van der Waals surface area contributed by atoms with Crippen LogP contribution in [0.25, 0.3) is 0 Å². The van der Waals surface area contributed by atoms with Crippen LogP contribution in [0.1, 0.15) is 136 Å². The van der Waals surface area contributed by atoms with Gasteiger partial charge in [0.15, 0.2) is 0 Å². The molecule has 0 aromatic rings. The van der Waals surface area contributed by atoms with Crippen LogP contribution in [0.3, 0.4) is 0 Å². The maximum atomic E-state index is 11.4. The van der Waals surface area contributed by atoms with Gasteiger partial charge in [0.25, 0.3) is 0 Å². The zero-order valence-electron chi connectivity index (χ0n) is 19.7. The summed E-state index contributed by atoms with van der Waals surface area (Å²) in [5, 5.41) is 9.34. The largest absolute Gasteiger partial charge is 1.00 e. The molecule has 2 atom stereocenters. The standard InChI is InChI=1S/C23H48O4S.K/c1-3-5-7-9-10-11-12-13-14-15-18-22(24)19-17-21-23(28(25,26)27)20-16-8-6-4-2;/h22-24H,3-21H2,1-2H3,(H,25,26,27);/q;+1/p-1. The molecule has 0 aliphatic heterocycles. The molecule has 0 aliphatic carbocycles. The Morgan fingerprint density at radius 2 is 0.966 bits per heavy atom. The van der Waals surface area contributed by atoms with E-state index >= 15 is 0 Å². The molecule has 0 aromatic carbocycles. The molecule has 1 N–H and O–H groups in total. The van der Waals surface area contributed by atoms with Crippen molar-refractivity contribution in [3.63, 3.8) is 0 Å². The zero-order valence-corrected chi connectivity index (χ0v) is 23.6. The Kier molecular flexibility index (Phi) is 25.6. The van der Waals surface area contributed by atoms with Gasteiger partial charge in [0.2, 0.25) is 0 Å². The Morgan fingerprint density at radius 1 is 0.621 bits per heavy atom. The normalized spacial score (nSPS) is 13.8. The molecule has 29 heavy (non-hydrogen) atoms. The van der Waals surface area contributed by atoms with E-state index in [9.17, 15) is 18.1 Å². The van der Waals surface area contributed by atoms with Crippen molar-refractivity contribution in [3.8, 4) is 0 Å². The van der Waals surface area contributed by atoms with Crippen LogP contribution in [-0.2, 0) is 10.1 Å². The number of rotatable bonds is 21. The van der Waals surface area contributed by atoms with Crippen LogP contribution in [0.15, 0.2) is 0 Å². The Labute approximate surface area is 224 Å². The predicted octanol–water partition coefficient (Wildman–Crippen LogP) is 3.72. The minimum atomic E-state index is -4.22. The van der Waals surface area contributed by atoms with Crippen molar-refractivity contribution in [2.75, 3.05) is 0 Å². The topological polar surface area (TPSA) is 77.4 Å². The number of hydrogen-bond acceptors (Lipinski definition) is 4. The van der Waals surface area contributed by atoms with Crippen molar-refractivity contribution in [3.05, 3.63) is 0 Å². The summed E-state index contributed by atoms with van der Waals surface area (Å²) >= 11 is 0. The summed E-state index contributed by atoms with van der Waals surface area (Å²) in [6.45, 7) is 4.35. The average Bonchev–Trinajstić information content (AvgIpc) is 2.64. The molecule has 0 radical (unpaired) electrons. The smallest absolute Gasteiger partial charge is 0.748 e. The van der Waals surface area contributed by atoms with Gasteiger partial charge >= 0.3 is 51.4 Å². The summed E-state index contributed by atoms with van der Waals surface area (Å²) in [5.74, 6) is 0. The minimum Gasteiger partial charge on any atom is -0.748 e. The van der Waals surface area contributed by atoms with E-state index in [0.717, 1.165) is 38.5 Å². The Bertz CT molecular complexity index is 429. The van der Waals surface area contributed by atoms with E-state index in [2.05, 4.69) is 13.8 Å². The number of unbranched alkanes of at least 4 members (excludes halogenated alkanes) is 12. The van der Waals surface area contributed by atoms with E-state index in [4.69, 9.17) is 0 Å². The summed E-state index contributed by atoms with van der Waals surface area (Å²) in [6, 6.07) is 0. The maximum Gasteiger partial charge on any atom is 1.00 e. The first-order valence-electron chi connectivity index (χ1n) is 12.0.